The van der Waals surface area contributed by atoms with E-state index in [1.165, 1.54) is 11.3 Å². The lowest BCUT2D eigenvalue weighted by Gasteiger charge is -2.22. The summed E-state index contributed by atoms with van der Waals surface area (Å²) in [5.74, 6) is 0.724. The molecule has 1 aromatic carbocycles. The molecule has 0 spiro atoms. The van der Waals surface area contributed by atoms with Crippen molar-refractivity contribution in [1.82, 2.24) is 9.88 Å². The predicted octanol–water partition coefficient (Wildman–Crippen LogP) is 2.63. The highest BCUT2D eigenvalue weighted by molar-refractivity contribution is 7.13. The van der Waals surface area contributed by atoms with Crippen LogP contribution in [0.4, 0.5) is 0 Å². The minimum Gasteiger partial charge on any atom is -0.494 e. The van der Waals surface area contributed by atoms with Gasteiger partial charge in [-0.15, -0.1) is 11.3 Å². The van der Waals surface area contributed by atoms with Gasteiger partial charge in [0.15, 0.2) is 0 Å². The number of hydrogen-bond acceptors (Lipinski definition) is 5. The van der Waals surface area contributed by atoms with Crippen molar-refractivity contribution in [3.63, 3.8) is 0 Å². The molecule has 0 aliphatic heterocycles. The summed E-state index contributed by atoms with van der Waals surface area (Å²) in [5.41, 5.74) is 7.03. The molecule has 2 rings (SSSR count). The maximum atomic E-state index is 12.3. The summed E-state index contributed by atoms with van der Waals surface area (Å²) in [6.07, 6.45) is 0. The lowest BCUT2D eigenvalue weighted by Crippen LogP contribution is -2.39. The smallest absolute Gasteiger partial charge is 0.273 e. The first kappa shape index (κ1) is 16.5. The number of rotatable bonds is 6. The molecule has 2 N–H and O–H groups in total. The second-order valence-electron chi connectivity index (χ2n) is 5.00. The van der Waals surface area contributed by atoms with Crippen LogP contribution in [-0.2, 0) is 0 Å². The summed E-state index contributed by atoms with van der Waals surface area (Å²) in [5, 5.41) is 2.61. The van der Waals surface area contributed by atoms with E-state index in [0.29, 0.717) is 18.8 Å². The van der Waals surface area contributed by atoms with Crippen LogP contribution in [0.2, 0.25) is 0 Å². The van der Waals surface area contributed by atoms with E-state index in [0.717, 1.165) is 16.3 Å². The van der Waals surface area contributed by atoms with E-state index in [4.69, 9.17) is 10.5 Å². The monoisotopic (exact) mass is 319 g/mol. The van der Waals surface area contributed by atoms with Crippen LogP contribution in [0.5, 0.6) is 5.75 Å². The van der Waals surface area contributed by atoms with Gasteiger partial charge in [-0.25, -0.2) is 4.98 Å². The number of likely N-dealkylation sites (N-methyl/N-ethyl adjacent to an activating group) is 1. The Hall–Kier alpha value is -1.92. The van der Waals surface area contributed by atoms with Crippen LogP contribution in [0, 0.1) is 0 Å². The Morgan fingerprint density at radius 2 is 2.09 bits per heavy atom. The molecule has 118 valence electrons. The summed E-state index contributed by atoms with van der Waals surface area (Å²) < 4.78 is 5.42. The van der Waals surface area contributed by atoms with Gasteiger partial charge in [0.2, 0.25) is 0 Å². The van der Waals surface area contributed by atoms with Crippen LogP contribution >= 0.6 is 11.3 Å². The zero-order valence-corrected chi connectivity index (χ0v) is 13.9. The van der Waals surface area contributed by atoms with Crippen molar-refractivity contribution in [2.45, 2.75) is 19.9 Å². The van der Waals surface area contributed by atoms with Gasteiger partial charge >= 0.3 is 0 Å². The molecule has 0 aliphatic rings. The van der Waals surface area contributed by atoms with E-state index < -0.39 is 0 Å². The number of benzene rings is 1. The lowest BCUT2D eigenvalue weighted by molar-refractivity contribution is 0.0743. The van der Waals surface area contributed by atoms with Gasteiger partial charge in [0.25, 0.3) is 5.91 Å². The largest absolute Gasteiger partial charge is 0.494 e. The number of thiazole rings is 1. The summed E-state index contributed by atoms with van der Waals surface area (Å²) in [6.45, 7) is 4.93. The molecule has 1 amide bonds. The van der Waals surface area contributed by atoms with Crippen LogP contribution in [0.1, 0.15) is 24.3 Å². The summed E-state index contributed by atoms with van der Waals surface area (Å²) in [4.78, 5) is 18.4. The molecule has 22 heavy (non-hydrogen) atoms. The first-order chi connectivity index (χ1) is 10.6. The fraction of sp³-hybridized carbons (Fsp3) is 0.375. The fourth-order valence-electron chi connectivity index (χ4n) is 1.90. The average molecular weight is 319 g/mol. The van der Waals surface area contributed by atoms with Crippen molar-refractivity contribution in [3.8, 4) is 16.3 Å². The van der Waals surface area contributed by atoms with Gasteiger partial charge in [-0.2, -0.15) is 0 Å². The molecule has 6 heteroatoms. The second kappa shape index (κ2) is 7.38. The van der Waals surface area contributed by atoms with Gasteiger partial charge in [-0.3, -0.25) is 4.79 Å². The minimum atomic E-state index is -0.105. The molecule has 2 aromatic rings. The average Bonchev–Trinajstić information content (AvgIpc) is 3.03. The zero-order valence-electron chi connectivity index (χ0n) is 13.1. The molecule has 1 atom stereocenters. The van der Waals surface area contributed by atoms with Crippen molar-refractivity contribution >= 4 is 17.2 Å². The Morgan fingerprint density at radius 1 is 1.41 bits per heavy atom. The molecule has 0 saturated heterocycles. The molecule has 0 fully saturated rings. The van der Waals surface area contributed by atoms with Crippen molar-refractivity contribution in [2.24, 2.45) is 5.73 Å². The van der Waals surface area contributed by atoms with E-state index in [1.807, 2.05) is 38.1 Å². The van der Waals surface area contributed by atoms with Crippen molar-refractivity contribution in [1.29, 1.82) is 0 Å². The Labute approximate surface area is 134 Å². The molecule has 0 radical (unpaired) electrons. The molecule has 0 aliphatic carbocycles. The van der Waals surface area contributed by atoms with Crippen molar-refractivity contribution in [3.05, 3.63) is 35.3 Å². The van der Waals surface area contributed by atoms with Crippen LogP contribution in [-0.4, -0.2) is 42.0 Å². The number of hydrogen-bond donors (Lipinski definition) is 1. The minimum absolute atomic E-state index is 0.0110. The maximum Gasteiger partial charge on any atom is 0.273 e. The SMILES string of the molecule is CCOc1ccc(-c2nc(C(=O)N(C)C(C)CN)cs2)cc1. The number of nitrogens with two attached hydrogens (primary N) is 1. The van der Waals surface area contributed by atoms with Crippen molar-refractivity contribution in [2.75, 3.05) is 20.2 Å². The third-order valence-electron chi connectivity index (χ3n) is 3.46. The number of nitrogens with zero attached hydrogens (tertiary/aromatic N) is 2. The highest BCUT2D eigenvalue weighted by atomic mass is 32.1. The number of ether oxygens (including phenoxy) is 1. The second-order valence-corrected chi connectivity index (χ2v) is 5.85. The van der Waals surface area contributed by atoms with Crippen LogP contribution in [0.25, 0.3) is 10.6 Å². The van der Waals surface area contributed by atoms with Crippen LogP contribution in [0.15, 0.2) is 29.6 Å². The summed E-state index contributed by atoms with van der Waals surface area (Å²) in [7, 11) is 1.75. The highest BCUT2D eigenvalue weighted by Crippen LogP contribution is 2.26. The third kappa shape index (κ3) is 3.64. The highest BCUT2D eigenvalue weighted by Gasteiger charge is 2.19. The molecule has 5 nitrogen and oxygen atoms in total. The normalized spacial score (nSPS) is 12.0. The number of aromatic nitrogens is 1. The fourth-order valence-corrected chi connectivity index (χ4v) is 2.70. The molecule has 0 saturated carbocycles. The first-order valence-electron chi connectivity index (χ1n) is 7.22. The van der Waals surface area contributed by atoms with E-state index in [-0.39, 0.29) is 11.9 Å². The van der Waals surface area contributed by atoms with Gasteiger partial charge in [0.1, 0.15) is 16.5 Å². The van der Waals surface area contributed by atoms with Crippen LogP contribution < -0.4 is 10.5 Å². The van der Waals surface area contributed by atoms with Gasteiger partial charge < -0.3 is 15.4 Å². The molecule has 1 unspecified atom stereocenters. The van der Waals surface area contributed by atoms with E-state index in [2.05, 4.69) is 4.98 Å². The van der Waals surface area contributed by atoms with Gasteiger partial charge in [0, 0.05) is 30.6 Å². The zero-order chi connectivity index (χ0) is 16.1. The number of amides is 1. The third-order valence-corrected chi connectivity index (χ3v) is 4.35. The van der Waals surface area contributed by atoms with Gasteiger partial charge in [-0.05, 0) is 38.1 Å². The topological polar surface area (TPSA) is 68.5 Å². The quantitative estimate of drug-likeness (QED) is 0.888. The predicted molar refractivity (Wildman–Crippen MR) is 89.3 cm³/mol. The lowest BCUT2D eigenvalue weighted by atomic mass is 10.2. The Morgan fingerprint density at radius 3 is 2.68 bits per heavy atom. The summed E-state index contributed by atoms with van der Waals surface area (Å²) in [6, 6.07) is 7.70. The van der Waals surface area contributed by atoms with Gasteiger partial charge in [0.05, 0.1) is 6.61 Å². The maximum absolute atomic E-state index is 12.3. The Bertz CT molecular complexity index is 625. The van der Waals surface area contributed by atoms with E-state index >= 15 is 0 Å². The number of carbonyl (C=O) groups is 1. The van der Waals surface area contributed by atoms with Gasteiger partial charge in [-0.1, -0.05) is 0 Å². The van der Waals surface area contributed by atoms with E-state index in [9.17, 15) is 4.79 Å². The molecule has 1 aromatic heterocycles. The standard InChI is InChI=1S/C16H21N3O2S/c1-4-21-13-7-5-12(6-8-13)15-18-14(10-22-15)16(20)19(3)11(2)9-17/h5-8,10-11H,4,9,17H2,1-3H3. The molecule has 1 heterocycles. The molecule has 0 bridgehead atoms. The molecular weight excluding hydrogens is 298 g/mol. The Balaban J connectivity index is 2.15. The number of carbonyl (C=O) groups excluding carboxylic acids is 1. The Kier molecular flexibility index (Phi) is 5.51. The van der Waals surface area contributed by atoms with Crippen molar-refractivity contribution < 1.29 is 9.53 Å². The van der Waals surface area contributed by atoms with Crippen LogP contribution in [0.3, 0.4) is 0 Å². The summed E-state index contributed by atoms with van der Waals surface area (Å²) >= 11 is 1.46. The van der Waals surface area contributed by atoms with E-state index in [1.54, 1.807) is 17.3 Å². The first-order valence-corrected chi connectivity index (χ1v) is 8.10. The molecular formula is C16H21N3O2S.